The summed E-state index contributed by atoms with van der Waals surface area (Å²) in [6, 6.07) is 6.95. The van der Waals surface area contributed by atoms with Crippen LogP contribution in [0, 0.1) is 0 Å². The lowest BCUT2D eigenvalue weighted by Crippen LogP contribution is -2.28. The van der Waals surface area contributed by atoms with E-state index in [0.717, 1.165) is 22.7 Å². The molecule has 2 heterocycles. The van der Waals surface area contributed by atoms with Crippen LogP contribution in [0.2, 0.25) is 0 Å². The number of aromatic nitrogens is 1. The summed E-state index contributed by atoms with van der Waals surface area (Å²) in [6.07, 6.45) is 4.80. The summed E-state index contributed by atoms with van der Waals surface area (Å²) in [6.45, 7) is 0. The van der Waals surface area contributed by atoms with Crippen LogP contribution in [0.25, 0.3) is 6.08 Å². The Morgan fingerprint density at radius 1 is 1.15 bits per heavy atom. The molecule has 130 valence electrons. The number of carboxylic acids is 2. The number of rotatable bonds is 4. The molecule has 0 saturated carbocycles. The van der Waals surface area contributed by atoms with Gasteiger partial charge in [0, 0.05) is 12.4 Å². The van der Waals surface area contributed by atoms with Crippen molar-refractivity contribution in [2.45, 2.75) is 0 Å². The van der Waals surface area contributed by atoms with Gasteiger partial charge < -0.3 is 10.2 Å². The molecule has 1 fully saturated rings. The largest absolute Gasteiger partial charge is 0.478 e. The Morgan fingerprint density at radius 3 is 2.35 bits per heavy atom. The molecular weight excluding hydrogens is 376 g/mol. The maximum atomic E-state index is 12.7. The quantitative estimate of drug-likeness (QED) is 0.610. The number of carboxylic acid groups (broad SMARTS) is 2. The third kappa shape index (κ3) is 3.48. The van der Waals surface area contributed by atoms with Crippen molar-refractivity contribution in [1.29, 1.82) is 0 Å². The average Bonchev–Trinajstić information content (AvgIpc) is 2.89. The number of anilines is 1. The van der Waals surface area contributed by atoms with Crippen LogP contribution in [0.3, 0.4) is 0 Å². The van der Waals surface area contributed by atoms with E-state index in [-0.39, 0.29) is 21.1 Å². The summed E-state index contributed by atoms with van der Waals surface area (Å²) >= 11 is 6.27. The van der Waals surface area contributed by atoms with E-state index >= 15 is 0 Å². The molecule has 0 unspecified atom stereocenters. The lowest BCUT2D eigenvalue weighted by Gasteiger charge is -2.16. The summed E-state index contributed by atoms with van der Waals surface area (Å²) in [7, 11) is 0. The molecule has 1 aliphatic heterocycles. The molecule has 1 aromatic carbocycles. The number of carbonyl (C=O) groups is 3. The predicted octanol–water partition coefficient (Wildman–Crippen LogP) is 2.88. The van der Waals surface area contributed by atoms with E-state index in [2.05, 4.69) is 4.98 Å². The van der Waals surface area contributed by atoms with Gasteiger partial charge in [-0.15, -0.1) is 0 Å². The lowest BCUT2D eigenvalue weighted by atomic mass is 10.1. The highest BCUT2D eigenvalue weighted by Crippen LogP contribution is 2.36. The van der Waals surface area contributed by atoms with Gasteiger partial charge in [0.25, 0.3) is 5.91 Å². The topological polar surface area (TPSA) is 108 Å². The molecule has 3 rings (SSSR count). The summed E-state index contributed by atoms with van der Waals surface area (Å²) in [5.41, 5.74) is 0.313. The zero-order valence-electron chi connectivity index (χ0n) is 12.9. The maximum Gasteiger partial charge on any atom is 0.335 e. The van der Waals surface area contributed by atoms with Gasteiger partial charge in [-0.2, -0.15) is 0 Å². The van der Waals surface area contributed by atoms with Crippen LogP contribution in [-0.4, -0.2) is 37.4 Å². The first kappa shape index (κ1) is 17.8. The zero-order valence-corrected chi connectivity index (χ0v) is 14.6. The first-order chi connectivity index (χ1) is 12.4. The zero-order chi connectivity index (χ0) is 18.8. The molecule has 1 aliphatic rings. The second-order valence-electron chi connectivity index (χ2n) is 5.18. The van der Waals surface area contributed by atoms with E-state index in [1.807, 2.05) is 0 Å². The fourth-order valence-corrected chi connectivity index (χ4v) is 3.59. The number of thioether (sulfide) groups is 1. The Labute approximate surface area is 157 Å². The first-order valence-electron chi connectivity index (χ1n) is 7.16. The highest BCUT2D eigenvalue weighted by atomic mass is 32.2. The Balaban J connectivity index is 2.03. The highest BCUT2D eigenvalue weighted by Gasteiger charge is 2.34. The van der Waals surface area contributed by atoms with Gasteiger partial charge in [-0.3, -0.25) is 14.7 Å². The molecule has 0 spiro atoms. The van der Waals surface area contributed by atoms with Gasteiger partial charge in [0.05, 0.1) is 21.7 Å². The van der Waals surface area contributed by atoms with Crippen molar-refractivity contribution in [3.63, 3.8) is 0 Å². The number of thiocarbonyl (C=S) groups is 1. The molecule has 2 aromatic rings. The number of hydrogen-bond acceptors (Lipinski definition) is 6. The highest BCUT2D eigenvalue weighted by molar-refractivity contribution is 8.27. The van der Waals surface area contributed by atoms with Crippen LogP contribution in [0.15, 0.2) is 47.6 Å². The first-order valence-corrected chi connectivity index (χ1v) is 8.39. The Hall–Kier alpha value is -3.04. The summed E-state index contributed by atoms with van der Waals surface area (Å²) in [5, 5.41) is 18.4. The van der Waals surface area contributed by atoms with Gasteiger partial charge >= 0.3 is 11.9 Å². The SMILES string of the molecule is O=C(O)c1cc(C(=O)O)cc(N2C(=O)/C(=C/c3cccnc3)SC2=S)c1. The minimum atomic E-state index is -1.30. The van der Waals surface area contributed by atoms with Gasteiger partial charge in [0.2, 0.25) is 0 Å². The fraction of sp³-hybridized carbons (Fsp3) is 0. The van der Waals surface area contributed by atoms with Crippen LogP contribution in [0.1, 0.15) is 26.3 Å². The van der Waals surface area contributed by atoms with E-state index in [1.54, 1.807) is 30.6 Å². The number of benzene rings is 1. The van der Waals surface area contributed by atoms with Crippen molar-refractivity contribution in [3.05, 3.63) is 64.3 Å². The summed E-state index contributed by atoms with van der Waals surface area (Å²) < 4.78 is 0.184. The number of hydrogen-bond donors (Lipinski definition) is 2. The standard InChI is InChI=1S/C17H10N2O5S2/c20-14-13(4-9-2-1-3-18-8-9)26-17(25)19(14)12-6-10(15(21)22)5-11(7-12)16(23)24/h1-8H,(H,21,22)(H,23,24)/b13-4-. The van der Waals surface area contributed by atoms with Crippen molar-refractivity contribution in [2.75, 3.05) is 4.90 Å². The van der Waals surface area contributed by atoms with Gasteiger partial charge in [-0.1, -0.05) is 30.0 Å². The molecule has 1 amide bonds. The van der Waals surface area contributed by atoms with E-state index in [4.69, 9.17) is 12.2 Å². The molecular formula is C17H10N2O5S2. The Bertz CT molecular complexity index is 940. The van der Waals surface area contributed by atoms with Crippen LogP contribution in [0.5, 0.6) is 0 Å². The molecule has 2 N–H and O–H groups in total. The number of nitrogens with zero attached hydrogens (tertiary/aromatic N) is 2. The average molecular weight is 386 g/mol. The van der Waals surface area contributed by atoms with Gasteiger partial charge in [0.15, 0.2) is 4.32 Å². The molecule has 26 heavy (non-hydrogen) atoms. The van der Waals surface area contributed by atoms with Crippen molar-refractivity contribution in [3.8, 4) is 0 Å². The van der Waals surface area contributed by atoms with Gasteiger partial charge in [-0.25, -0.2) is 9.59 Å². The Kier molecular flexibility index (Phi) is 4.83. The van der Waals surface area contributed by atoms with E-state index in [1.165, 1.54) is 12.1 Å². The lowest BCUT2D eigenvalue weighted by molar-refractivity contribution is -0.113. The van der Waals surface area contributed by atoms with Crippen molar-refractivity contribution < 1.29 is 24.6 Å². The van der Waals surface area contributed by atoms with Gasteiger partial charge in [0.1, 0.15) is 0 Å². The van der Waals surface area contributed by atoms with Gasteiger partial charge in [-0.05, 0) is 35.9 Å². The van der Waals surface area contributed by atoms with Crippen molar-refractivity contribution in [1.82, 2.24) is 4.98 Å². The minimum Gasteiger partial charge on any atom is -0.478 e. The minimum absolute atomic E-state index is 0.0967. The monoisotopic (exact) mass is 386 g/mol. The van der Waals surface area contributed by atoms with Crippen LogP contribution >= 0.6 is 24.0 Å². The summed E-state index contributed by atoms with van der Waals surface area (Å²) in [4.78, 5) is 40.7. The third-order valence-corrected chi connectivity index (χ3v) is 4.75. The Morgan fingerprint density at radius 2 is 1.81 bits per heavy atom. The molecule has 0 aliphatic carbocycles. The molecule has 1 saturated heterocycles. The van der Waals surface area contributed by atoms with E-state index in [9.17, 15) is 24.6 Å². The fourth-order valence-electron chi connectivity index (χ4n) is 2.29. The second kappa shape index (κ2) is 7.06. The predicted molar refractivity (Wildman–Crippen MR) is 100 cm³/mol. The molecule has 0 atom stereocenters. The number of aromatic carboxylic acids is 2. The molecule has 9 heteroatoms. The smallest absolute Gasteiger partial charge is 0.335 e. The third-order valence-electron chi connectivity index (χ3n) is 3.45. The van der Waals surface area contributed by atoms with Crippen molar-refractivity contribution >= 4 is 57.9 Å². The molecule has 1 aromatic heterocycles. The normalized spacial score (nSPS) is 15.5. The molecule has 7 nitrogen and oxygen atoms in total. The summed E-state index contributed by atoms with van der Waals surface area (Å²) in [5.74, 6) is -3.06. The molecule has 0 radical (unpaired) electrons. The van der Waals surface area contributed by atoms with E-state index < -0.39 is 17.8 Å². The maximum absolute atomic E-state index is 12.7. The van der Waals surface area contributed by atoms with E-state index in [0.29, 0.717) is 10.5 Å². The van der Waals surface area contributed by atoms with Crippen LogP contribution in [0.4, 0.5) is 5.69 Å². The number of carbonyl (C=O) groups excluding carboxylic acids is 1. The molecule has 0 bridgehead atoms. The van der Waals surface area contributed by atoms with Crippen molar-refractivity contribution in [2.24, 2.45) is 0 Å². The number of amides is 1. The van der Waals surface area contributed by atoms with Crippen LogP contribution < -0.4 is 4.90 Å². The second-order valence-corrected chi connectivity index (χ2v) is 6.86. The number of pyridine rings is 1. The van der Waals surface area contributed by atoms with Crippen LogP contribution in [-0.2, 0) is 4.79 Å².